The van der Waals surface area contributed by atoms with Gasteiger partial charge in [-0.25, -0.2) is 0 Å². The summed E-state index contributed by atoms with van der Waals surface area (Å²) < 4.78 is 10.9. The monoisotopic (exact) mass is 238 g/mol. The maximum atomic E-state index is 9.44. The van der Waals surface area contributed by atoms with E-state index in [0.717, 1.165) is 30.8 Å². The number of hydrogen-bond donors (Lipinski definition) is 1. The number of hydrogen-bond acceptors (Lipinski definition) is 3. The minimum Gasteiger partial charge on any atom is -0.491 e. The average molecular weight is 238 g/mol. The van der Waals surface area contributed by atoms with Crippen molar-refractivity contribution in [2.24, 2.45) is 0 Å². The lowest BCUT2D eigenvalue weighted by molar-refractivity contribution is 0.0979. The van der Waals surface area contributed by atoms with Crippen LogP contribution in [0.4, 0.5) is 0 Å². The lowest BCUT2D eigenvalue weighted by Gasteiger charge is -2.09. The number of rotatable bonds is 8. The van der Waals surface area contributed by atoms with Crippen LogP contribution in [-0.4, -0.2) is 24.9 Å². The number of aliphatic hydroxyl groups is 1. The van der Waals surface area contributed by atoms with Crippen LogP contribution in [0.5, 0.6) is 5.75 Å². The summed E-state index contributed by atoms with van der Waals surface area (Å²) >= 11 is 0. The minimum atomic E-state index is -0.459. The first kappa shape index (κ1) is 14.0. The van der Waals surface area contributed by atoms with E-state index in [9.17, 15) is 5.11 Å². The van der Waals surface area contributed by atoms with Crippen LogP contribution in [0.15, 0.2) is 24.3 Å². The Labute approximate surface area is 103 Å². The third-order valence-corrected chi connectivity index (χ3v) is 2.48. The van der Waals surface area contributed by atoms with Gasteiger partial charge in [0.2, 0.25) is 0 Å². The molecular formula is C14H22O3. The Hall–Kier alpha value is -1.06. The number of benzene rings is 1. The quantitative estimate of drug-likeness (QED) is 0.708. The van der Waals surface area contributed by atoms with E-state index in [2.05, 4.69) is 6.92 Å². The van der Waals surface area contributed by atoms with Crippen molar-refractivity contribution in [2.75, 3.05) is 19.8 Å². The summed E-state index contributed by atoms with van der Waals surface area (Å²) in [7, 11) is 0. The Balaban J connectivity index is 2.24. The summed E-state index contributed by atoms with van der Waals surface area (Å²) in [6.07, 6.45) is 1.79. The van der Waals surface area contributed by atoms with Crippen LogP contribution in [0, 0.1) is 0 Å². The summed E-state index contributed by atoms with van der Waals surface area (Å²) in [6.45, 7) is 5.84. The maximum Gasteiger partial charge on any atom is 0.119 e. The molecule has 0 heterocycles. The van der Waals surface area contributed by atoms with E-state index >= 15 is 0 Å². The third-order valence-electron chi connectivity index (χ3n) is 2.48. The second-order valence-corrected chi connectivity index (χ2v) is 4.06. The van der Waals surface area contributed by atoms with E-state index in [0.29, 0.717) is 13.2 Å². The summed E-state index contributed by atoms with van der Waals surface area (Å²) in [5.41, 5.74) is 0.870. The Morgan fingerprint density at radius 1 is 1.24 bits per heavy atom. The molecule has 0 fully saturated rings. The van der Waals surface area contributed by atoms with E-state index in [4.69, 9.17) is 9.47 Å². The van der Waals surface area contributed by atoms with Crippen molar-refractivity contribution < 1.29 is 14.6 Å². The maximum absolute atomic E-state index is 9.44. The molecule has 1 unspecified atom stereocenters. The minimum absolute atomic E-state index is 0.459. The lowest BCUT2D eigenvalue weighted by Crippen LogP contribution is -2.07. The van der Waals surface area contributed by atoms with Crippen LogP contribution in [0.2, 0.25) is 0 Å². The molecule has 17 heavy (non-hydrogen) atoms. The van der Waals surface area contributed by atoms with Gasteiger partial charge in [0.15, 0.2) is 0 Å². The zero-order valence-corrected chi connectivity index (χ0v) is 10.7. The van der Waals surface area contributed by atoms with Gasteiger partial charge in [-0.3, -0.25) is 0 Å². The van der Waals surface area contributed by atoms with Gasteiger partial charge in [-0.15, -0.1) is 0 Å². The summed E-state index contributed by atoms with van der Waals surface area (Å²) in [6, 6.07) is 7.51. The Bertz CT molecular complexity index is 310. The largest absolute Gasteiger partial charge is 0.491 e. The fourth-order valence-electron chi connectivity index (χ4n) is 1.43. The van der Waals surface area contributed by atoms with E-state index in [1.165, 1.54) is 0 Å². The van der Waals surface area contributed by atoms with Crippen molar-refractivity contribution in [1.82, 2.24) is 0 Å². The van der Waals surface area contributed by atoms with E-state index in [1.54, 1.807) is 6.92 Å². The first-order chi connectivity index (χ1) is 8.24. The molecule has 3 nitrogen and oxygen atoms in total. The molecule has 0 saturated carbocycles. The molecular weight excluding hydrogens is 216 g/mol. The zero-order chi connectivity index (χ0) is 12.5. The molecule has 96 valence electrons. The van der Waals surface area contributed by atoms with Crippen LogP contribution < -0.4 is 4.74 Å². The molecule has 1 aromatic rings. The number of aliphatic hydroxyl groups excluding tert-OH is 1. The molecule has 1 N–H and O–H groups in total. The van der Waals surface area contributed by atoms with Crippen molar-refractivity contribution in [1.29, 1.82) is 0 Å². The standard InChI is InChI=1S/C14H22O3/c1-3-4-8-16-9-10-17-14-7-5-6-13(11-14)12(2)15/h5-7,11-12,15H,3-4,8-10H2,1-2H3. The van der Waals surface area contributed by atoms with Crippen molar-refractivity contribution in [3.05, 3.63) is 29.8 Å². The van der Waals surface area contributed by atoms with Gasteiger partial charge in [0.05, 0.1) is 12.7 Å². The molecule has 0 aliphatic carbocycles. The molecule has 0 radical (unpaired) electrons. The molecule has 0 saturated heterocycles. The average Bonchev–Trinajstić information content (AvgIpc) is 2.34. The summed E-state index contributed by atoms with van der Waals surface area (Å²) in [4.78, 5) is 0. The second kappa shape index (κ2) is 8.09. The van der Waals surface area contributed by atoms with Crippen molar-refractivity contribution >= 4 is 0 Å². The summed E-state index contributed by atoms with van der Waals surface area (Å²) in [5.74, 6) is 0.780. The van der Waals surface area contributed by atoms with Gasteiger partial charge in [0.25, 0.3) is 0 Å². The van der Waals surface area contributed by atoms with Crippen LogP contribution in [0.25, 0.3) is 0 Å². The highest BCUT2D eigenvalue weighted by Gasteiger charge is 2.01. The zero-order valence-electron chi connectivity index (χ0n) is 10.7. The molecule has 0 bridgehead atoms. The first-order valence-corrected chi connectivity index (χ1v) is 6.22. The van der Waals surface area contributed by atoms with Gasteiger partial charge in [-0.05, 0) is 31.0 Å². The second-order valence-electron chi connectivity index (χ2n) is 4.06. The SMILES string of the molecule is CCCCOCCOc1cccc(C(C)O)c1. The van der Waals surface area contributed by atoms with Crippen LogP contribution in [0.3, 0.4) is 0 Å². The molecule has 0 spiro atoms. The highest BCUT2D eigenvalue weighted by molar-refractivity contribution is 5.29. The molecule has 1 rings (SSSR count). The van der Waals surface area contributed by atoms with Gasteiger partial charge >= 0.3 is 0 Å². The Kier molecular flexibility index (Phi) is 6.67. The molecule has 1 atom stereocenters. The molecule has 1 aromatic carbocycles. The van der Waals surface area contributed by atoms with Crippen LogP contribution >= 0.6 is 0 Å². The van der Waals surface area contributed by atoms with Gasteiger partial charge in [-0.1, -0.05) is 25.5 Å². The van der Waals surface area contributed by atoms with Crippen molar-refractivity contribution in [3.63, 3.8) is 0 Å². The molecule has 3 heteroatoms. The number of ether oxygens (including phenoxy) is 2. The fourth-order valence-corrected chi connectivity index (χ4v) is 1.43. The predicted molar refractivity (Wildman–Crippen MR) is 68.3 cm³/mol. The normalized spacial score (nSPS) is 12.4. The predicted octanol–water partition coefficient (Wildman–Crippen LogP) is 2.94. The van der Waals surface area contributed by atoms with Gasteiger partial charge in [-0.2, -0.15) is 0 Å². The van der Waals surface area contributed by atoms with Gasteiger partial charge in [0.1, 0.15) is 12.4 Å². The van der Waals surface area contributed by atoms with E-state index in [-0.39, 0.29) is 0 Å². The van der Waals surface area contributed by atoms with E-state index in [1.807, 2.05) is 24.3 Å². The highest BCUT2D eigenvalue weighted by atomic mass is 16.5. The number of unbranched alkanes of at least 4 members (excludes halogenated alkanes) is 1. The third kappa shape index (κ3) is 5.71. The Morgan fingerprint density at radius 3 is 2.76 bits per heavy atom. The van der Waals surface area contributed by atoms with Crippen LogP contribution in [0.1, 0.15) is 38.4 Å². The van der Waals surface area contributed by atoms with E-state index < -0.39 is 6.10 Å². The van der Waals surface area contributed by atoms with Crippen molar-refractivity contribution in [3.8, 4) is 5.75 Å². The topological polar surface area (TPSA) is 38.7 Å². The molecule has 0 amide bonds. The van der Waals surface area contributed by atoms with Gasteiger partial charge in [0, 0.05) is 6.61 Å². The van der Waals surface area contributed by atoms with Gasteiger partial charge < -0.3 is 14.6 Å². The molecule has 0 aromatic heterocycles. The lowest BCUT2D eigenvalue weighted by atomic mass is 10.1. The Morgan fingerprint density at radius 2 is 2.06 bits per heavy atom. The summed E-state index contributed by atoms with van der Waals surface area (Å²) in [5, 5.41) is 9.44. The molecule has 0 aliphatic rings. The fraction of sp³-hybridized carbons (Fsp3) is 0.571. The van der Waals surface area contributed by atoms with Crippen molar-refractivity contribution in [2.45, 2.75) is 32.8 Å². The highest BCUT2D eigenvalue weighted by Crippen LogP contribution is 2.18. The van der Waals surface area contributed by atoms with Crippen LogP contribution in [-0.2, 0) is 4.74 Å². The molecule has 0 aliphatic heterocycles. The first-order valence-electron chi connectivity index (χ1n) is 6.22. The smallest absolute Gasteiger partial charge is 0.119 e.